The molecule has 0 aliphatic carbocycles. The molecule has 21 heavy (non-hydrogen) atoms. The molecule has 5 nitrogen and oxygen atoms in total. The van der Waals surface area contributed by atoms with Crippen LogP contribution >= 0.6 is 27.3 Å². The summed E-state index contributed by atoms with van der Waals surface area (Å²) < 4.78 is 6.22. The number of carbonyl (C=O) groups is 1. The van der Waals surface area contributed by atoms with Gasteiger partial charge in [-0.1, -0.05) is 39.4 Å². The van der Waals surface area contributed by atoms with Gasteiger partial charge in [0.15, 0.2) is 10.8 Å². The van der Waals surface area contributed by atoms with Crippen LogP contribution in [-0.2, 0) is 11.2 Å². The Morgan fingerprint density at radius 2 is 2.05 bits per heavy atom. The molecule has 106 valence electrons. The van der Waals surface area contributed by atoms with Gasteiger partial charge in [0.05, 0.1) is 12.7 Å². The number of carbonyl (C=O) groups excluding carboxylic acids is 1. The minimum atomic E-state index is -0.125. The first-order valence-corrected chi connectivity index (χ1v) is 7.73. The first-order valence-electron chi connectivity index (χ1n) is 6.12. The number of benzene rings is 1. The predicted molar refractivity (Wildman–Crippen MR) is 84.1 cm³/mol. The van der Waals surface area contributed by atoms with E-state index in [0.29, 0.717) is 22.3 Å². The SMILES string of the molecule is O=C(Cc1ccc(Br)cc1)Nc1nnc(-c2ccco2)s1. The van der Waals surface area contributed by atoms with Crippen LogP contribution in [0.3, 0.4) is 0 Å². The van der Waals surface area contributed by atoms with Crippen molar-refractivity contribution < 1.29 is 9.21 Å². The number of amides is 1. The summed E-state index contributed by atoms with van der Waals surface area (Å²) in [5, 5.41) is 11.8. The van der Waals surface area contributed by atoms with Crippen LogP contribution in [0.4, 0.5) is 5.13 Å². The third-order valence-electron chi connectivity index (χ3n) is 2.68. The molecule has 0 spiro atoms. The minimum Gasteiger partial charge on any atom is -0.462 e. The summed E-state index contributed by atoms with van der Waals surface area (Å²) in [5.41, 5.74) is 0.937. The van der Waals surface area contributed by atoms with E-state index < -0.39 is 0 Å². The molecule has 0 fully saturated rings. The molecule has 7 heteroatoms. The summed E-state index contributed by atoms with van der Waals surface area (Å²) in [4.78, 5) is 12.0. The van der Waals surface area contributed by atoms with E-state index in [1.54, 1.807) is 18.4 Å². The molecule has 0 bridgehead atoms. The molecule has 1 N–H and O–H groups in total. The highest BCUT2D eigenvalue weighted by atomic mass is 79.9. The number of furan rings is 1. The molecule has 0 saturated heterocycles. The van der Waals surface area contributed by atoms with Crippen molar-refractivity contribution in [2.75, 3.05) is 5.32 Å². The number of anilines is 1. The molecule has 0 atom stereocenters. The van der Waals surface area contributed by atoms with Gasteiger partial charge in [-0.15, -0.1) is 10.2 Å². The topological polar surface area (TPSA) is 68.0 Å². The second-order valence-electron chi connectivity index (χ2n) is 4.24. The first-order chi connectivity index (χ1) is 10.2. The second kappa shape index (κ2) is 6.19. The van der Waals surface area contributed by atoms with Crippen LogP contribution in [0.5, 0.6) is 0 Å². The number of nitrogens with zero attached hydrogens (tertiary/aromatic N) is 2. The van der Waals surface area contributed by atoms with Crippen molar-refractivity contribution in [2.45, 2.75) is 6.42 Å². The Morgan fingerprint density at radius 1 is 1.24 bits per heavy atom. The molecular weight excluding hydrogens is 354 g/mol. The van der Waals surface area contributed by atoms with E-state index >= 15 is 0 Å². The van der Waals surface area contributed by atoms with E-state index in [0.717, 1.165) is 10.0 Å². The van der Waals surface area contributed by atoms with Gasteiger partial charge in [-0.25, -0.2) is 0 Å². The van der Waals surface area contributed by atoms with Gasteiger partial charge in [0, 0.05) is 4.47 Å². The van der Waals surface area contributed by atoms with Crippen LogP contribution in [0.1, 0.15) is 5.56 Å². The van der Waals surface area contributed by atoms with Crippen LogP contribution in [0.2, 0.25) is 0 Å². The average molecular weight is 364 g/mol. The lowest BCUT2D eigenvalue weighted by Gasteiger charge is -2.01. The third kappa shape index (κ3) is 3.56. The molecule has 1 amide bonds. The van der Waals surface area contributed by atoms with Crippen molar-refractivity contribution in [3.8, 4) is 10.8 Å². The third-order valence-corrected chi connectivity index (χ3v) is 4.06. The van der Waals surface area contributed by atoms with Gasteiger partial charge in [0.25, 0.3) is 0 Å². The molecule has 2 heterocycles. The van der Waals surface area contributed by atoms with E-state index in [-0.39, 0.29) is 5.91 Å². The highest BCUT2D eigenvalue weighted by Crippen LogP contribution is 2.26. The maximum Gasteiger partial charge on any atom is 0.230 e. The molecule has 0 aliphatic rings. The van der Waals surface area contributed by atoms with Crippen LogP contribution < -0.4 is 5.32 Å². The lowest BCUT2D eigenvalue weighted by molar-refractivity contribution is -0.115. The van der Waals surface area contributed by atoms with E-state index in [9.17, 15) is 4.79 Å². The zero-order valence-corrected chi connectivity index (χ0v) is 13.1. The zero-order chi connectivity index (χ0) is 14.7. The zero-order valence-electron chi connectivity index (χ0n) is 10.7. The van der Waals surface area contributed by atoms with Gasteiger partial charge in [-0.05, 0) is 29.8 Å². The molecule has 1 aromatic carbocycles. The summed E-state index contributed by atoms with van der Waals surface area (Å²) in [5.74, 6) is 0.514. The van der Waals surface area contributed by atoms with Crippen molar-refractivity contribution in [1.29, 1.82) is 0 Å². The van der Waals surface area contributed by atoms with Gasteiger partial charge in [0.2, 0.25) is 11.0 Å². The summed E-state index contributed by atoms with van der Waals surface area (Å²) >= 11 is 4.64. The normalized spacial score (nSPS) is 10.5. The Kier molecular flexibility index (Phi) is 4.12. The van der Waals surface area contributed by atoms with Gasteiger partial charge in [-0.2, -0.15) is 0 Å². The quantitative estimate of drug-likeness (QED) is 0.766. The number of rotatable bonds is 4. The molecule has 0 saturated carbocycles. The highest BCUT2D eigenvalue weighted by Gasteiger charge is 2.11. The fourth-order valence-electron chi connectivity index (χ4n) is 1.72. The molecule has 0 unspecified atom stereocenters. The van der Waals surface area contributed by atoms with Gasteiger partial charge in [0.1, 0.15) is 0 Å². The number of nitrogens with one attached hydrogen (secondary N) is 1. The van der Waals surface area contributed by atoms with E-state index in [1.165, 1.54) is 11.3 Å². The second-order valence-corrected chi connectivity index (χ2v) is 6.13. The van der Waals surface area contributed by atoms with E-state index in [4.69, 9.17) is 4.42 Å². The lowest BCUT2D eigenvalue weighted by Crippen LogP contribution is -2.14. The van der Waals surface area contributed by atoms with Gasteiger partial charge in [-0.3, -0.25) is 4.79 Å². The molecule has 3 aromatic rings. The Hall–Kier alpha value is -1.99. The minimum absolute atomic E-state index is 0.125. The first kappa shape index (κ1) is 14.0. The van der Waals surface area contributed by atoms with Crippen molar-refractivity contribution in [3.05, 3.63) is 52.7 Å². The number of hydrogen-bond acceptors (Lipinski definition) is 5. The largest absolute Gasteiger partial charge is 0.462 e. The Labute approximate surface area is 133 Å². The monoisotopic (exact) mass is 363 g/mol. The molecule has 3 rings (SSSR count). The number of halogens is 1. The predicted octanol–water partition coefficient (Wildman–Crippen LogP) is 3.74. The standard InChI is InChI=1S/C14H10BrN3O2S/c15-10-5-3-9(4-6-10)8-12(19)16-14-18-17-13(21-14)11-2-1-7-20-11/h1-7H,8H2,(H,16,18,19). The molecule has 0 aliphatic heterocycles. The van der Waals surface area contributed by atoms with Crippen LogP contribution in [0.15, 0.2) is 51.6 Å². The Balaban J connectivity index is 1.64. The molecule has 0 radical (unpaired) electrons. The van der Waals surface area contributed by atoms with Crippen LogP contribution in [0, 0.1) is 0 Å². The Morgan fingerprint density at radius 3 is 2.76 bits per heavy atom. The molecule has 2 aromatic heterocycles. The Bertz CT molecular complexity index is 738. The van der Waals surface area contributed by atoms with Crippen molar-refractivity contribution in [3.63, 3.8) is 0 Å². The summed E-state index contributed by atoms with van der Waals surface area (Å²) in [7, 11) is 0. The van der Waals surface area contributed by atoms with E-state index in [1.807, 2.05) is 24.3 Å². The van der Waals surface area contributed by atoms with E-state index in [2.05, 4.69) is 31.4 Å². The van der Waals surface area contributed by atoms with Crippen molar-refractivity contribution in [2.24, 2.45) is 0 Å². The smallest absolute Gasteiger partial charge is 0.230 e. The number of aromatic nitrogens is 2. The fraction of sp³-hybridized carbons (Fsp3) is 0.0714. The van der Waals surface area contributed by atoms with Crippen molar-refractivity contribution in [1.82, 2.24) is 10.2 Å². The summed E-state index contributed by atoms with van der Waals surface area (Å²) in [6.45, 7) is 0. The van der Waals surface area contributed by atoms with Crippen LogP contribution in [0.25, 0.3) is 10.8 Å². The lowest BCUT2D eigenvalue weighted by atomic mass is 10.1. The number of hydrogen-bond donors (Lipinski definition) is 1. The highest BCUT2D eigenvalue weighted by molar-refractivity contribution is 9.10. The van der Waals surface area contributed by atoms with Gasteiger partial charge >= 0.3 is 0 Å². The summed E-state index contributed by atoms with van der Waals surface area (Å²) in [6, 6.07) is 11.2. The van der Waals surface area contributed by atoms with Crippen LogP contribution in [-0.4, -0.2) is 16.1 Å². The van der Waals surface area contributed by atoms with Gasteiger partial charge < -0.3 is 9.73 Å². The molecular formula is C14H10BrN3O2S. The van der Waals surface area contributed by atoms with Crippen molar-refractivity contribution >= 4 is 38.3 Å². The average Bonchev–Trinajstić information content (AvgIpc) is 3.12. The summed E-state index contributed by atoms with van der Waals surface area (Å²) in [6.07, 6.45) is 1.87. The maximum atomic E-state index is 12.0. The fourth-order valence-corrected chi connectivity index (χ4v) is 2.72. The maximum absolute atomic E-state index is 12.0.